The fraction of sp³-hybridized carbons (Fsp3) is 0.600. The van der Waals surface area contributed by atoms with Crippen molar-refractivity contribution in [2.24, 2.45) is 0 Å². The van der Waals surface area contributed by atoms with Gasteiger partial charge in [-0.25, -0.2) is 0 Å². The number of halogens is 1. The van der Waals surface area contributed by atoms with Crippen molar-refractivity contribution >= 4 is 17.3 Å². The molecule has 0 heterocycles. The van der Waals surface area contributed by atoms with Crippen molar-refractivity contribution in [3.8, 4) is 11.5 Å². The molecule has 0 saturated carbocycles. The Hall–Kier alpha value is -1.09. The normalized spacial score (nSPS) is 10.6. The van der Waals surface area contributed by atoms with Crippen LogP contribution in [0.15, 0.2) is 12.1 Å². The molecule has 0 saturated heterocycles. The SMILES string of the molecule is CCCC(CCC)Nc1cc(OC)c(Cl)cc1OC. The molecule has 1 aromatic carbocycles. The third kappa shape index (κ3) is 4.50. The second-order valence-electron chi connectivity index (χ2n) is 4.61. The maximum absolute atomic E-state index is 6.11. The highest BCUT2D eigenvalue weighted by molar-refractivity contribution is 6.32. The Labute approximate surface area is 121 Å². The summed E-state index contributed by atoms with van der Waals surface area (Å²) in [6.07, 6.45) is 4.60. The maximum atomic E-state index is 6.11. The van der Waals surface area contributed by atoms with Crippen LogP contribution >= 0.6 is 11.6 Å². The lowest BCUT2D eigenvalue weighted by Crippen LogP contribution is -2.19. The lowest BCUT2D eigenvalue weighted by Gasteiger charge is -2.21. The lowest BCUT2D eigenvalue weighted by atomic mass is 10.1. The molecule has 108 valence electrons. The van der Waals surface area contributed by atoms with Crippen molar-refractivity contribution in [1.29, 1.82) is 0 Å². The van der Waals surface area contributed by atoms with Gasteiger partial charge in [-0.05, 0) is 12.8 Å². The average molecular weight is 286 g/mol. The molecule has 0 radical (unpaired) electrons. The Balaban J connectivity index is 2.96. The van der Waals surface area contributed by atoms with Crippen LogP contribution in [0.4, 0.5) is 5.69 Å². The van der Waals surface area contributed by atoms with E-state index in [0.29, 0.717) is 16.8 Å². The molecule has 0 spiro atoms. The van der Waals surface area contributed by atoms with Gasteiger partial charge < -0.3 is 14.8 Å². The van der Waals surface area contributed by atoms with Crippen LogP contribution in [-0.2, 0) is 0 Å². The van der Waals surface area contributed by atoms with E-state index < -0.39 is 0 Å². The average Bonchev–Trinajstić information content (AvgIpc) is 2.40. The van der Waals surface area contributed by atoms with Crippen LogP contribution < -0.4 is 14.8 Å². The van der Waals surface area contributed by atoms with Gasteiger partial charge in [0.25, 0.3) is 0 Å². The van der Waals surface area contributed by atoms with Crippen molar-refractivity contribution in [3.05, 3.63) is 17.2 Å². The Morgan fingerprint density at radius 1 is 1.05 bits per heavy atom. The van der Waals surface area contributed by atoms with Crippen molar-refractivity contribution < 1.29 is 9.47 Å². The highest BCUT2D eigenvalue weighted by atomic mass is 35.5. The maximum Gasteiger partial charge on any atom is 0.143 e. The number of anilines is 1. The largest absolute Gasteiger partial charge is 0.495 e. The lowest BCUT2D eigenvalue weighted by molar-refractivity contribution is 0.404. The Morgan fingerprint density at radius 3 is 2.11 bits per heavy atom. The number of methoxy groups -OCH3 is 2. The van der Waals surface area contributed by atoms with Crippen LogP contribution in [0.3, 0.4) is 0 Å². The third-order valence-corrected chi connectivity index (χ3v) is 3.40. The van der Waals surface area contributed by atoms with Crippen LogP contribution in [0.1, 0.15) is 39.5 Å². The molecular weight excluding hydrogens is 262 g/mol. The van der Waals surface area contributed by atoms with Crippen molar-refractivity contribution in [3.63, 3.8) is 0 Å². The van der Waals surface area contributed by atoms with Gasteiger partial charge in [0.15, 0.2) is 0 Å². The molecule has 1 aromatic rings. The van der Waals surface area contributed by atoms with Crippen molar-refractivity contribution in [2.45, 2.75) is 45.6 Å². The summed E-state index contributed by atoms with van der Waals surface area (Å²) in [4.78, 5) is 0. The van der Waals surface area contributed by atoms with Crippen LogP contribution in [0.2, 0.25) is 5.02 Å². The minimum absolute atomic E-state index is 0.454. The van der Waals surface area contributed by atoms with Crippen LogP contribution in [-0.4, -0.2) is 20.3 Å². The predicted octanol–water partition coefficient (Wildman–Crippen LogP) is 4.74. The monoisotopic (exact) mass is 285 g/mol. The number of hydrogen-bond acceptors (Lipinski definition) is 3. The highest BCUT2D eigenvalue weighted by Gasteiger charge is 2.13. The quantitative estimate of drug-likeness (QED) is 0.748. The summed E-state index contributed by atoms with van der Waals surface area (Å²) >= 11 is 6.11. The first-order valence-corrected chi connectivity index (χ1v) is 7.22. The van der Waals surface area contributed by atoms with Crippen molar-refractivity contribution in [2.75, 3.05) is 19.5 Å². The Morgan fingerprint density at radius 2 is 1.63 bits per heavy atom. The van der Waals surface area contributed by atoms with E-state index in [2.05, 4.69) is 19.2 Å². The van der Waals surface area contributed by atoms with Crippen LogP contribution in [0.25, 0.3) is 0 Å². The smallest absolute Gasteiger partial charge is 0.143 e. The zero-order valence-corrected chi connectivity index (χ0v) is 13.0. The minimum Gasteiger partial charge on any atom is -0.495 e. The van der Waals surface area contributed by atoms with Gasteiger partial charge in [-0.1, -0.05) is 38.3 Å². The predicted molar refractivity (Wildman–Crippen MR) is 81.8 cm³/mol. The summed E-state index contributed by atoms with van der Waals surface area (Å²) in [5, 5.41) is 4.10. The molecule has 0 aliphatic rings. The number of nitrogens with one attached hydrogen (secondary N) is 1. The first kappa shape index (κ1) is 16.0. The summed E-state index contributed by atoms with van der Waals surface area (Å²) in [6.45, 7) is 4.40. The molecule has 0 fully saturated rings. The molecule has 1 N–H and O–H groups in total. The van der Waals surface area contributed by atoms with Gasteiger partial charge in [0.2, 0.25) is 0 Å². The van der Waals surface area contributed by atoms with E-state index in [9.17, 15) is 0 Å². The number of benzene rings is 1. The van der Waals surface area contributed by atoms with Gasteiger partial charge in [0, 0.05) is 18.2 Å². The summed E-state index contributed by atoms with van der Waals surface area (Å²) in [5.41, 5.74) is 0.940. The standard InChI is InChI=1S/C15H24ClNO2/c1-5-7-11(8-6-2)17-13-10-14(18-3)12(16)9-15(13)19-4/h9-11,17H,5-8H2,1-4H3. The summed E-state index contributed by atoms with van der Waals surface area (Å²) in [6, 6.07) is 4.15. The molecule has 4 heteroatoms. The summed E-state index contributed by atoms with van der Waals surface area (Å²) < 4.78 is 10.6. The highest BCUT2D eigenvalue weighted by Crippen LogP contribution is 2.36. The van der Waals surface area contributed by atoms with E-state index in [4.69, 9.17) is 21.1 Å². The third-order valence-electron chi connectivity index (χ3n) is 3.11. The second kappa shape index (κ2) is 8.16. The number of rotatable bonds is 8. The first-order chi connectivity index (χ1) is 9.15. The van der Waals surface area contributed by atoms with Gasteiger partial charge in [-0.15, -0.1) is 0 Å². The van der Waals surface area contributed by atoms with E-state index >= 15 is 0 Å². The van der Waals surface area contributed by atoms with Gasteiger partial charge in [0.1, 0.15) is 11.5 Å². The summed E-state index contributed by atoms with van der Waals surface area (Å²) in [7, 11) is 3.27. The minimum atomic E-state index is 0.454. The van der Waals surface area contributed by atoms with Crippen LogP contribution in [0.5, 0.6) is 11.5 Å². The number of ether oxygens (including phenoxy) is 2. The fourth-order valence-corrected chi connectivity index (χ4v) is 2.41. The van der Waals surface area contributed by atoms with Crippen LogP contribution in [0, 0.1) is 0 Å². The van der Waals surface area contributed by atoms with E-state index in [1.54, 1.807) is 20.3 Å². The van der Waals surface area contributed by atoms with Gasteiger partial charge in [0.05, 0.1) is 24.9 Å². The first-order valence-electron chi connectivity index (χ1n) is 6.84. The second-order valence-corrected chi connectivity index (χ2v) is 5.01. The molecule has 0 unspecified atom stereocenters. The number of hydrogen-bond donors (Lipinski definition) is 1. The molecule has 1 rings (SSSR count). The van der Waals surface area contributed by atoms with Gasteiger partial charge in [-0.2, -0.15) is 0 Å². The summed E-state index contributed by atoms with van der Waals surface area (Å²) in [5.74, 6) is 1.42. The zero-order chi connectivity index (χ0) is 14.3. The van der Waals surface area contributed by atoms with E-state index in [1.165, 1.54) is 0 Å². The molecule has 3 nitrogen and oxygen atoms in total. The Bertz CT molecular complexity index is 390. The van der Waals surface area contributed by atoms with Gasteiger partial charge >= 0.3 is 0 Å². The van der Waals surface area contributed by atoms with Crippen molar-refractivity contribution in [1.82, 2.24) is 0 Å². The molecule has 0 aliphatic heterocycles. The molecule has 0 amide bonds. The van der Waals surface area contributed by atoms with Gasteiger partial charge in [-0.3, -0.25) is 0 Å². The molecule has 0 atom stereocenters. The molecule has 0 aromatic heterocycles. The van der Waals surface area contributed by atoms with E-state index in [0.717, 1.165) is 37.1 Å². The fourth-order valence-electron chi connectivity index (χ4n) is 2.18. The molecular formula is C15H24ClNO2. The van der Waals surface area contributed by atoms with E-state index in [1.807, 2.05) is 6.07 Å². The van der Waals surface area contributed by atoms with E-state index in [-0.39, 0.29) is 0 Å². The topological polar surface area (TPSA) is 30.5 Å². The molecule has 0 aliphatic carbocycles. The molecule has 0 bridgehead atoms. The zero-order valence-electron chi connectivity index (χ0n) is 12.3. The Kier molecular flexibility index (Phi) is 6.85. The molecule has 19 heavy (non-hydrogen) atoms.